The minimum Gasteiger partial charge on any atom is -0.478 e. The number of hydrogen-bond donors (Lipinski definition) is 2. The first-order valence-electron chi connectivity index (χ1n) is 6.32. The molecule has 5 heteroatoms. The van der Waals surface area contributed by atoms with Crippen molar-refractivity contribution < 1.29 is 14.3 Å². The van der Waals surface area contributed by atoms with Crippen molar-refractivity contribution in [1.29, 1.82) is 0 Å². The molecular formula is C14H15FN2O2. The zero-order chi connectivity index (χ0) is 13.6. The van der Waals surface area contributed by atoms with Crippen molar-refractivity contribution in [2.24, 2.45) is 5.92 Å². The van der Waals surface area contributed by atoms with Gasteiger partial charge in [-0.3, -0.25) is 0 Å². The maximum Gasteiger partial charge on any atom is 0.338 e. The van der Waals surface area contributed by atoms with Gasteiger partial charge in [-0.1, -0.05) is 0 Å². The van der Waals surface area contributed by atoms with Crippen LogP contribution in [0.15, 0.2) is 24.0 Å². The van der Waals surface area contributed by atoms with Gasteiger partial charge in [0.1, 0.15) is 5.82 Å². The molecule has 19 heavy (non-hydrogen) atoms. The Morgan fingerprint density at radius 3 is 2.84 bits per heavy atom. The molecule has 0 atom stereocenters. The highest BCUT2D eigenvalue weighted by atomic mass is 19.1. The van der Waals surface area contributed by atoms with Crippen LogP contribution >= 0.6 is 0 Å². The Morgan fingerprint density at radius 2 is 2.21 bits per heavy atom. The molecular weight excluding hydrogens is 247 g/mol. The van der Waals surface area contributed by atoms with Crippen molar-refractivity contribution in [1.82, 2.24) is 5.32 Å². The van der Waals surface area contributed by atoms with Crippen molar-refractivity contribution in [3.63, 3.8) is 0 Å². The normalized spacial score (nSPS) is 18.2. The lowest BCUT2D eigenvalue weighted by Crippen LogP contribution is -2.22. The van der Waals surface area contributed by atoms with Crippen molar-refractivity contribution >= 4 is 11.7 Å². The van der Waals surface area contributed by atoms with E-state index in [0.717, 1.165) is 11.3 Å². The molecule has 1 heterocycles. The minimum atomic E-state index is -1.24. The Bertz CT molecular complexity index is 579. The fraction of sp³-hybridized carbons (Fsp3) is 0.357. The zero-order valence-electron chi connectivity index (χ0n) is 10.6. The van der Waals surface area contributed by atoms with Crippen molar-refractivity contribution in [3.05, 3.63) is 41.0 Å². The monoisotopic (exact) mass is 262 g/mol. The maximum atomic E-state index is 13.6. The number of anilines is 1. The zero-order valence-corrected chi connectivity index (χ0v) is 10.6. The number of carboxylic acid groups (broad SMARTS) is 1. The smallest absolute Gasteiger partial charge is 0.338 e. The number of rotatable bonds is 3. The highest BCUT2D eigenvalue weighted by Gasteiger charge is 2.30. The summed E-state index contributed by atoms with van der Waals surface area (Å²) in [5, 5.41) is 12.3. The maximum absolute atomic E-state index is 13.6. The summed E-state index contributed by atoms with van der Waals surface area (Å²) in [4.78, 5) is 12.9. The van der Waals surface area contributed by atoms with Crippen LogP contribution < -0.4 is 10.2 Å². The van der Waals surface area contributed by atoms with Crippen molar-refractivity contribution in [2.45, 2.75) is 19.8 Å². The Labute approximate surface area is 110 Å². The second-order valence-electron chi connectivity index (χ2n) is 5.09. The summed E-state index contributed by atoms with van der Waals surface area (Å²) in [6.45, 7) is 2.39. The molecule has 0 unspecified atom stereocenters. The SMILES string of the molecule is Cc1cc(F)c(C(=O)O)cc1N1C=C(C2CC2)NC1. The molecule has 4 nitrogen and oxygen atoms in total. The second kappa shape index (κ2) is 4.26. The highest BCUT2D eigenvalue weighted by Crippen LogP contribution is 2.37. The predicted octanol–water partition coefficient (Wildman–Crippen LogP) is 2.45. The first kappa shape index (κ1) is 12.0. The Balaban J connectivity index is 1.96. The molecule has 100 valence electrons. The summed E-state index contributed by atoms with van der Waals surface area (Å²) >= 11 is 0. The van der Waals surface area contributed by atoms with Crippen LogP contribution in [-0.4, -0.2) is 17.7 Å². The number of hydrogen-bond acceptors (Lipinski definition) is 3. The predicted molar refractivity (Wildman–Crippen MR) is 69.4 cm³/mol. The molecule has 1 aliphatic carbocycles. The number of allylic oxidation sites excluding steroid dienone is 1. The van der Waals surface area contributed by atoms with Gasteiger partial charge in [0.05, 0.1) is 12.2 Å². The quantitative estimate of drug-likeness (QED) is 0.878. The molecule has 2 aliphatic rings. The van der Waals surface area contributed by atoms with Crippen LogP contribution in [0.25, 0.3) is 0 Å². The van der Waals surface area contributed by atoms with Crippen LogP contribution in [0.2, 0.25) is 0 Å². The Hall–Kier alpha value is -2.04. The summed E-state index contributed by atoms with van der Waals surface area (Å²) in [6, 6.07) is 2.68. The number of benzene rings is 1. The van der Waals surface area contributed by atoms with Crippen molar-refractivity contribution in [3.8, 4) is 0 Å². The third kappa shape index (κ3) is 2.16. The Morgan fingerprint density at radius 1 is 1.47 bits per heavy atom. The molecule has 0 amide bonds. The molecule has 1 fully saturated rings. The number of aryl methyl sites for hydroxylation is 1. The molecule has 1 aromatic rings. The van der Waals surface area contributed by atoms with E-state index in [1.807, 2.05) is 11.1 Å². The highest BCUT2D eigenvalue weighted by molar-refractivity contribution is 5.89. The van der Waals surface area contributed by atoms with Gasteiger partial charge in [0.2, 0.25) is 0 Å². The van der Waals surface area contributed by atoms with E-state index in [2.05, 4.69) is 5.32 Å². The van der Waals surface area contributed by atoms with Crippen molar-refractivity contribution in [2.75, 3.05) is 11.6 Å². The van der Waals surface area contributed by atoms with Gasteiger partial charge in [-0.05, 0) is 37.5 Å². The lowest BCUT2D eigenvalue weighted by molar-refractivity contribution is 0.0692. The Kier molecular flexibility index (Phi) is 2.69. The lowest BCUT2D eigenvalue weighted by Gasteiger charge is -2.18. The summed E-state index contributed by atoms with van der Waals surface area (Å²) in [5.41, 5.74) is 2.38. The molecule has 1 saturated carbocycles. The summed E-state index contributed by atoms with van der Waals surface area (Å²) in [7, 11) is 0. The minimum absolute atomic E-state index is 0.283. The first-order chi connectivity index (χ1) is 9.06. The van der Waals surface area contributed by atoms with Gasteiger partial charge >= 0.3 is 5.97 Å². The van der Waals surface area contributed by atoms with E-state index < -0.39 is 11.8 Å². The topological polar surface area (TPSA) is 52.6 Å². The number of aromatic carboxylic acids is 1. The summed E-state index contributed by atoms with van der Waals surface area (Å²) in [5.74, 6) is -1.31. The molecule has 0 saturated heterocycles. The summed E-state index contributed by atoms with van der Waals surface area (Å²) in [6.07, 6.45) is 4.41. The number of carboxylic acids is 1. The van der Waals surface area contributed by atoms with E-state index >= 15 is 0 Å². The van der Waals surface area contributed by atoms with Crippen LogP contribution in [0.4, 0.5) is 10.1 Å². The van der Waals surface area contributed by atoms with Crippen LogP contribution in [0.5, 0.6) is 0 Å². The van der Waals surface area contributed by atoms with Gasteiger partial charge in [-0.25, -0.2) is 9.18 Å². The van der Waals surface area contributed by atoms with E-state index in [9.17, 15) is 9.18 Å². The van der Waals surface area contributed by atoms with Gasteiger partial charge in [-0.15, -0.1) is 0 Å². The number of halogens is 1. The molecule has 0 aromatic heterocycles. The largest absolute Gasteiger partial charge is 0.478 e. The van der Waals surface area contributed by atoms with Crippen LogP contribution in [0.3, 0.4) is 0 Å². The van der Waals surface area contributed by atoms with E-state index in [-0.39, 0.29) is 5.56 Å². The van der Waals surface area contributed by atoms with E-state index in [1.54, 1.807) is 6.92 Å². The number of carbonyl (C=O) groups is 1. The second-order valence-corrected chi connectivity index (χ2v) is 5.09. The number of nitrogens with one attached hydrogen (secondary N) is 1. The third-order valence-electron chi connectivity index (χ3n) is 3.59. The third-order valence-corrected chi connectivity index (χ3v) is 3.59. The molecule has 3 rings (SSSR count). The summed E-state index contributed by atoms with van der Waals surface area (Å²) < 4.78 is 13.6. The van der Waals surface area contributed by atoms with Gasteiger partial charge in [0.25, 0.3) is 0 Å². The van der Waals surface area contributed by atoms with Gasteiger partial charge in [0.15, 0.2) is 0 Å². The molecule has 0 bridgehead atoms. The molecule has 0 spiro atoms. The number of nitrogens with zero attached hydrogens (tertiary/aromatic N) is 1. The molecule has 0 radical (unpaired) electrons. The van der Waals surface area contributed by atoms with Crippen LogP contribution in [-0.2, 0) is 0 Å². The van der Waals surface area contributed by atoms with E-state index in [1.165, 1.54) is 30.7 Å². The molecule has 2 N–H and O–H groups in total. The van der Waals surface area contributed by atoms with Gasteiger partial charge < -0.3 is 15.3 Å². The standard InChI is InChI=1S/C14H15FN2O2/c1-8-4-11(15)10(14(18)19)5-13(8)17-6-12(16-7-17)9-2-3-9/h4-6,9,16H,2-3,7H2,1H3,(H,18,19). The molecule has 1 aromatic carbocycles. The van der Waals surface area contributed by atoms with Gasteiger partial charge in [0, 0.05) is 23.5 Å². The lowest BCUT2D eigenvalue weighted by atomic mass is 10.1. The van der Waals surface area contributed by atoms with Crippen LogP contribution in [0.1, 0.15) is 28.8 Å². The molecule has 1 aliphatic heterocycles. The fourth-order valence-corrected chi connectivity index (χ4v) is 2.37. The first-order valence-corrected chi connectivity index (χ1v) is 6.32. The fourth-order valence-electron chi connectivity index (χ4n) is 2.37. The average molecular weight is 262 g/mol. The van der Waals surface area contributed by atoms with Crippen LogP contribution in [0, 0.1) is 18.7 Å². The average Bonchev–Trinajstić information content (AvgIpc) is 3.08. The van der Waals surface area contributed by atoms with E-state index in [4.69, 9.17) is 5.11 Å². The van der Waals surface area contributed by atoms with E-state index in [0.29, 0.717) is 12.6 Å². The van der Waals surface area contributed by atoms with Gasteiger partial charge in [-0.2, -0.15) is 0 Å².